The highest BCUT2D eigenvalue weighted by atomic mass is 32.1. The van der Waals surface area contributed by atoms with Crippen LogP contribution < -0.4 is 58.5 Å². The number of benzene rings is 3. The Balaban J connectivity index is 0.000000239. The summed E-state index contributed by atoms with van der Waals surface area (Å²) in [6.07, 6.45) is 65.6. The standard InChI is InChI=1S/C25H34N2.C22H40N2.C22H38N2.C21H30N2.C20H38N2.C20H36N2.6H2S/c1-21(2)11-10-12-22(3)17-18-26-19-20-27-25(23-13-6-4-7-14-23)24-15-8-5-9-16-24;1-14-18-11-17(22(18,4)5)12-20(14)24-9-8-23-13-15-6-7-16-10-19(15)21(16,2)3;1-16(2)5-4-6-17(3)7-8-23-9-10-24-22-20-12-18-11-19(14-20)15-21(22)13-18;1-2-4-18(5-3-1)19-11-20(19)22-6-7-23-21-12-15-8-16(13-21)10-17(9-15)14-21;1-15(16-7-5-4-6-8-16)22-12-11-21-14-17-9-10-18-13-19(17)20(18,2)3;1-5-16-22(20-11-6-7-12-20)17-15-21-14-13-19(4)10-8-9-18(2)3;;;;;;/h4-9,11,13-17,25-27H,10,12,18-20H2,1-3H3;14-20,23-24H,6-13H2,1-5H3;5,7,18-24H,4,6,8-15H2,1-3H3;1-5,15-17,19-20,22-23H,6-14H2;15-19,21-22H,4-14H2,1-3H3;5,9,13,20-21H,1,6-8,10-12,14-17H2,2-4H3;6*1H2/b22-17+;;17-7+;;;19-13+;;;;;;/t;14-,15+,16+,17+,18-,19+,20-;;;15-,17-,18-,19-;;;;;;;/m.1..0......./s1. The molecule has 2 unspecified atom stereocenters. The van der Waals surface area contributed by atoms with Crippen molar-refractivity contribution in [3.05, 3.63) is 190 Å². The van der Waals surface area contributed by atoms with E-state index in [4.69, 9.17) is 0 Å². The predicted molar refractivity (Wildman–Crippen MR) is 675 cm³/mol. The van der Waals surface area contributed by atoms with Crippen LogP contribution in [0.15, 0.2) is 174 Å². The Labute approximate surface area is 951 Å². The van der Waals surface area contributed by atoms with E-state index < -0.39 is 0 Å². The van der Waals surface area contributed by atoms with Crippen LogP contribution in [-0.4, -0.2) is 158 Å². The summed E-state index contributed by atoms with van der Waals surface area (Å²) in [6, 6.07) is 36.4. The molecule has 0 aromatic heterocycles. The molecule has 0 spiro atoms. The molecule has 148 heavy (non-hydrogen) atoms. The molecule has 12 nitrogen and oxygen atoms in total. The molecule has 20 aliphatic carbocycles. The average Bonchev–Trinajstić information content (AvgIpc) is 0.767. The summed E-state index contributed by atoms with van der Waals surface area (Å²) >= 11 is 0. The SMILES string of the molecule is C=CCN(CCNC/C=C(\C)CCC=C(C)C)C1CCCC1.CC(C)=CCC/C(C)=C/CNCCNC(c1ccccc1)c1ccccc1.CC(C)=CCC/C(C)=C/CNCCNC1C2CC3CC(C2)CC1C3.C[C@@H]1[C@H]2C[C@@H](C[C@H]1NCCNC[C@@H]1CC[C@H]3C[C@@H]1C3(C)C)C2(C)C.C[C@H](NCCNC[C@@H]1CC[C@H]2C[C@@H]1C2(C)C)C1CCCCC1.S.S.S.S.S.S.c1ccc(C2CC2NCCNC23CC4CC(CC(C4)C2)C3)cc1. The lowest BCUT2D eigenvalue weighted by Crippen LogP contribution is -2.60. The Bertz CT molecular complexity index is 4190. The van der Waals surface area contributed by atoms with Crippen LogP contribution in [0.5, 0.6) is 0 Å². The van der Waals surface area contributed by atoms with Gasteiger partial charge in [0, 0.05) is 146 Å². The number of fused-ring (bicyclic) bond motifs is 6. The summed E-state index contributed by atoms with van der Waals surface area (Å²) in [5.41, 5.74) is 15.2. The lowest BCUT2D eigenvalue weighted by molar-refractivity contribution is -0.115. The normalized spacial score (nSPS) is 30.0. The number of rotatable bonds is 50. The Morgan fingerprint density at radius 3 is 1.26 bits per heavy atom. The first-order valence-electron chi connectivity index (χ1n) is 59.9. The molecular formula is C130H228N12S6. The molecule has 3 aromatic rings. The van der Waals surface area contributed by atoms with Crippen LogP contribution in [0.25, 0.3) is 0 Å². The second-order valence-electron chi connectivity index (χ2n) is 52.0. The van der Waals surface area contributed by atoms with Crippen molar-refractivity contribution >= 4 is 81.0 Å². The van der Waals surface area contributed by atoms with E-state index in [1.54, 1.807) is 25.7 Å². The number of hydrogen-bond donors (Lipinski definition) is 11. The van der Waals surface area contributed by atoms with Gasteiger partial charge in [-0.2, -0.15) is 81.0 Å². The van der Waals surface area contributed by atoms with E-state index in [-0.39, 0.29) is 87.0 Å². The van der Waals surface area contributed by atoms with Crippen molar-refractivity contribution in [2.75, 3.05) is 118 Å². The number of nitrogens with zero attached hydrogens (tertiary/aromatic N) is 1. The summed E-state index contributed by atoms with van der Waals surface area (Å²) in [5, 5.41) is 41.2. The molecule has 18 heteroatoms. The molecule has 0 heterocycles. The third-order valence-corrected chi connectivity index (χ3v) is 39.8. The fourth-order valence-corrected chi connectivity index (χ4v) is 31.2. The minimum Gasteiger partial charge on any atom is -0.315 e. The summed E-state index contributed by atoms with van der Waals surface area (Å²) < 4.78 is 0. The Morgan fingerprint density at radius 1 is 0.392 bits per heavy atom. The number of allylic oxidation sites excluding steroid dienone is 9. The topological polar surface area (TPSA) is 136 Å². The van der Waals surface area contributed by atoms with Gasteiger partial charge in [-0.15, -0.1) is 6.58 Å². The van der Waals surface area contributed by atoms with Gasteiger partial charge in [-0.3, -0.25) is 4.90 Å². The van der Waals surface area contributed by atoms with Gasteiger partial charge < -0.3 is 58.5 Å². The zero-order valence-corrected chi connectivity index (χ0v) is 103. The molecule has 0 amide bonds. The quantitative estimate of drug-likeness (QED) is 0.0194. The van der Waals surface area contributed by atoms with Crippen molar-refractivity contribution in [3.63, 3.8) is 0 Å². The van der Waals surface area contributed by atoms with Crippen molar-refractivity contribution in [2.24, 2.45) is 117 Å². The number of hydrogen-bond acceptors (Lipinski definition) is 12. The van der Waals surface area contributed by atoms with Crippen LogP contribution in [0.3, 0.4) is 0 Å². The van der Waals surface area contributed by atoms with Crippen LogP contribution in [-0.2, 0) is 0 Å². The van der Waals surface area contributed by atoms with E-state index in [2.05, 4.69) is 315 Å². The fraction of sp³-hybridized carbons (Fsp3) is 0.754. The molecular weight excluding hydrogens is 1920 g/mol. The van der Waals surface area contributed by atoms with E-state index in [1.165, 1.54) is 249 Å². The van der Waals surface area contributed by atoms with Gasteiger partial charge >= 0.3 is 0 Å². The van der Waals surface area contributed by atoms with Gasteiger partial charge in [0.05, 0.1) is 6.04 Å². The van der Waals surface area contributed by atoms with Crippen molar-refractivity contribution in [3.8, 4) is 0 Å². The van der Waals surface area contributed by atoms with Crippen LogP contribution in [0.1, 0.15) is 371 Å². The minimum absolute atomic E-state index is 0. The van der Waals surface area contributed by atoms with E-state index in [1.807, 2.05) is 6.08 Å². The zero-order chi connectivity index (χ0) is 100. The van der Waals surface area contributed by atoms with Gasteiger partial charge in [0.2, 0.25) is 0 Å². The van der Waals surface area contributed by atoms with Gasteiger partial charge in [0.15, 0.2) is 0 Å². The fourth-order valence-electron chi connectivity index (χ4n) is 31.2. The van der Waals surface area contributed by atoms with E-state index in [0.717, 1.165) is 248 Å². The first kappa shape index (κ1) is 132. The second kappa shape index (κ2) is 67.8. The summed E-state index contributed by atoms with van der Waals surface area (Å²) in [4.78, 5) is 2.60. The highest BCUT2D eigenvalue weighted by molar-refractivity contribution is 7.60. The Hall–Kier alpha value is -2.54. The van der Waals surface area contributed by atoms with Gasteiger partial charge in [-0.05, 0) is 408 Å². The lowest BCUT2D eigenvalue weighted by Gasteiger charge is -2.62. The van der Waals surface area contributed by atoms with Crippen LogP contribution in [0, 0.1) is 117 Å². The summed E-state index contributed by atoms with van der Waals surface area (Å²) in [5.74, 6) is 17.7. The average molecular weight is 2150 g/mol. The third kappa shape index (κ3) is 41.0. The highest BCUT2D eigenvalue weighted by Gasteiger charge is 2.58. The zero-order valence-electron chi connectivity index (χ0n) is 97.2. The highest BCUT2D eigenvalue weighted by Crippen LogP contribution is 2.64. The van der Waals surface area contributed by atoms with Crippen molar-refractivity contribution in [1.82, 2.24) is 63.4 Å². The molecule has 20 fully saturated rings. The summed E-state index contributed by atoms with van der Waals surface area (Å²) in [6.45, 7) is 63.2. The maximum absolute atomic E-state index is 4.00. The molecule has 0 radical (unpaired) electrons. The minimum atomic E-state index is 0. The van der Waals surface area contributed by atoms with Gasteiger partial charge in [0.1, 0.15) is 0 Å². The molecule has 0 aliphatic heterocycles. The first-order valence-corrected chi connectivity index (χ1v) is 59.9. The van der Waals surface area contributed by atoms with E-state index in [9.17, 15) is 0 Å². The maximum atomic E-state index is 4.00. The van der Waals surface area contributed by atoms with Crippen molar-refractivity contribution in [1.29, 1.82) is 0 Å². The van der Waals surface area contributed by atoms with Gasteiger partial charge in [0.25, 0.3) is 0 Å². The maximum Gasteiger partial charge on any atom is 0.0577 e. The molecule has 3 aromatic carbocycles. The van der Waals surface area contributed by atoms with Gasteiger partial charge in [-0.25, -0.2) is 0 Å². The first-order chi connectivity index (χ1) is 68.6. The lowest BCUT2D eigenvalue weighted by atomic mass is 9.45. The van der Waals surface area contributed by atoms with Gasteiger partial charge in [-0.1, -0.05) is 248 Å². The van der Waals surface area contributed by atoms with Crippen LogP contribution in [0.2, 0.25) is 0 Å². The molecule has 0 saturated heterocycles. The van der Waals surface area contributed by atoms with Crippen molar-refractivity contribution in [2.45, 2.75) is 390 Å². The van der Waals surface area contributed by atoms with Crippen LogP contribution >= 0.6 is 81.0 Å². The monoisotopic (exact) mass is 2150 g/mol. The molecule has 20 aliphatic rings. The molecule has 23 rings (SSSR count). The Kier molecular flexibility index (Phi) is 60.6. The molecule has 11 N–H and O–H groups in total. The van der Waals surface area contributed by atoms with E-state index in [0.29, 0.717) is 27.8 Å². The largest absolute Gasteiger partial charge is 0.315 e. The summed E-state index contributed by atoms with van der Waals surface area (Å²) in [7, 11) is 0. The molecule has 844 valence electrons. The molecule has 14 bridgehead atoms. The molecule has 20 saturated carbocycles. The predicted octanol–water partition coefficient (Wildman–Crippen LogP) is 27.9. The van der Waals surface area contributed by atoms with Crippen molar-refractivity contribution < 1.29 is 0 Å². The second-order valence-corrected chi connectivity index (χ2v) is 52.0. The number of nitrogens with one attached hydrogen (secondary N) is 11. The molecule has 13 atom stereocenters. The van der Waals surface area contributed by atoms with Crippen LogP contribution in [0.4, 0.5) is 0 Å². The Morgan fingerprint density at radius 2 is 0.804 bits per heavy atom. The smallest absolute Gasteiger partial charge is 0.0577 e. The van der Waals surface area contributed by atoms with E-state index >= 15 is 0 Å². The third-order valence-electron chi connectivity index (χ3n) is 39.8.